The molecule has 2 aromatic carbocycles. The zero-order chi connectivity index (χ0) is 17.6. The number of thioether (sulfide) groups is 1. The molecule has 0 aliphatic rings. The van der Waals surface area contributed by atoms with Crippen LogP contribution < -0.4 is 5.32 Å². The molecule has 2 N–H and O–H groups in total. The first-order valence-corrected chi connectivity index (χ1v) is 9.87. The SMILES string of the molecule is COC(=O)Nc1nc2ccc(SCCS(=O)c3ccccc3)cc2[nH]1. The molecule has 130 valence electrons. The Hall–Kier alpha value is -2.32. The highest BCUT2D eigenvalue weighted by Crippen LogP contribution is 2.24. The average molecular weight is 375 g/mol. The van der Waals surface area contributed by atoms with Gasteiger partial charge in [-0.3, -0.25) is 9.53 Å². The van der Waals surface area contributed by atoms with E-state index in [9.17, 15) is 9.00 Å². The molecule has 0 fully saturated rings. The Kier molecular flexibility index (Phi) is 5.72. The summed E-state index contributed by atoms with van der Waals surface area (Å²) in [6, 6.07) is 15.3. The number of carbonyl (C=O) groups is 1. The van der Waals surface area contributed by atoms with E-state index in [4.69, 9.17) is 0 Å². The molecular weight excluding hydrogens is 358 g/mol. The van der Waals surface area contributed by atoms with Crippen molar-refractivity contribution in [3.63, 3.8) is 0 Å². The number of H-pyrrole nitrogens is 1. The molecule has 8 heteroatoms. The number of fused-ring (bicyclic) bond motifs is 1. The van der Waals surface area contributed by atoms with Crippen molar-refractivity contribution in [3.8, 4) is 0 Å². The normalized spacial score (nSPS) is 12.0. The van der Waals surface area contributed by atoms with E-state index in [1.54, 1.807) is 11.8 Å². The van der Waals surface area contributed by atoms with Gasteiger partial charge in [-0.25, -0.2) is 9.78 Å². The summed E-state index contributed by atoms with van der Waals surface area (Å²) < 4.78 is 16.8. The maximum atomic E-state index is 12.2. The molecule has 0 bridgehead atoms. The van der Waals surface area contributed by atoms with Crippen LogP contribution in [0.2, 0.25) is 0 Å². The number of benzene rings is 2. The van der Waals surface area contributed by atoms with E-state index in [0.717, 1.165) is 26.6 Å². The minimum absolute atomic E-state index is 0.342. The van der Waals surface area contributed by atoms with E-state index >= 15 is 0 Å². The van der Waals surface area contributed by atoms with Crippen molar-refractivity contribution < 1.29 is 13.7 Å². The number of ether oxygens (including phenoxy) is 1. The zero-order valence-corrected chi connectivity index (χ0v) is 15.2. The highest BCUT2D eigenvalue weighted by Gasteiger charge is 2.08. The average Bonchev–Trinajstić information content (AvgIpc) is 3.03. The lowest BCUT2D eigenvalue weighted by molar-refractivity contribution is 0.186. The first kappa shape index (κ1) is 17.5. The van der Waals surface area contributed by atoms with E-state index in [0.29, 0.717) is 11.7 Å². The minimum Gasteiger partial charge on any atom is -0.453 e. The van der Waals surface area contributed by atoms with Crippen LogP contribution in [0.1, 0.15) is 0 Å². The number of methoxy groups -OCH3 is 1. The maximum absolute atomic E-state index is 12.2. The predicted octanol–water partition coefficient (Wildman–Crippen LogP) is 3.64. The Bertz CT molecular complexity index is 897. The van der Waals surface area contributed by atoms with Crippen LogP contribution in [-0.4, -0.2) is 38.9 Å². The summed E-state index contributed by atoms with van der Waals surface area (Å²) >= 11 is 1.63. The summed E-state index contributed by atoms with van der Waals surface area (Å²) in [6.07, 6.45) is -0.572. The Labute approximate surface area is 151 Å². The van der Waals surface area contributed by atoms with Crippen molar-refractivity contribution in [2.24, 2.45) is 0 Å². The Morgan fingerprint density at radius 2 is 2.08 bits per heavy atom. The van der Waals surface area contributed by atoms with Crippen molar-refractivity contribution in [3.05, 3.63) is 48.5 Å². The highest BCUT2D eigenvalue weighted by molar-refractivity contribution is 8.00. The molecule has 1 atom stereocenters. The summed E-state index contributed by atoms with van der Waals surface area (Å²) in [5.74, 6) is 1.67. The molecule has 6 nitrogen and oxygen atoms in total. The Morgan fingerprint density at radius 3 is 2.84 bits per heavy atom. The van der Waals surface area contributed by atoms with Gasteiger partial charge in [-0.15, -0.1) is 11.8 Å². The number of hydrogen-bond donors (Lipinski definition) is 2. The number of anilines is 1. The smallest absolute Gasteiger partial charge is 0.413 e. The van der Waals surface area contributed by atoms with Crippen LogP contribution in [-0.2, 0) is 15.5 Å². The molecule has 0 aliphatic carbocycles. The fourth-order valence-electron chi connectivity index (χ4n) is 2.21. The van der Waals surface area contributed by atoms with Crippen LogP contribution in [0.5, 0.6) is 0 Å². The van der Waals surface area contributed by atoms with Gasteiger partial charge in [0.25, 0.3) is 0 Å². The first-order chi connectivity index (χ1) is 12.2. The van der Waals surface area contributed by atoms with E-state index in [-0.39, 0.29) is 0 Å². The summed E-state index contributed by atoms with van der Waals surface area (Å²) in [4.78, 5) is 20.4. The second-order valence-corrected chi connectivity index (χ2v) is 7.83. The molecule has 0 spiro atoms. The molecular formula is C17H17N3O3S2. The molecule has 1 amide bonds. The van der Waals surface area contributed by atoms with Gasteiger partial charge in [0.15, 0.2) is 0 Å². The quantitative estimate of drug-likeness (QED) is 0.643. The molecule has 0 saturated carbocycles. The van der Waals surface area contributed by atoms with Gasteiger partial charge in [-0.1, -0.05) is 18.2 Å². The lowest BCUT2D eigenvalue weighted by Gasteiger charge is -2.03. The van der Waals surface area contributed by atoms with Gasteiger partial charge in [0.2, 0.25) is 5.95 Å². The second kappa shape index (κ2) is 8.17. The summed E-state index contributed by atoms with van der Waals surface area (Å²) in [5, 5.41) is 2.50. The number of nitrogens with one attached hydrogen (secondary N) is 2. The fraction of sp³-hybridized carbons (Fsp3) is 0.176. The number of nitrogens with zero attached hydrogens (tertiary/aromatic N) is 1. The third kappa shape index (κ3) is 4.61. The number of aromatic nitrogens is 2. The van der Waals surface area contributed by atoms with Crippen LogP contribution in [0.25, 0.3) is 11.0 Å². The van der Waals surface area contributed by atoms with Crippen LogP contribution in [0.15, 0.2) is 58.3 Å². The third-order valence-electron chi connectivity index (χ3n) is 3.40. The third-order valence-corrected chi connectivity index (χ3v) is 6.03. The Morgan fingerprint density at radius 1 is 1.28 bits per heavy atom. The van der Waals surface area contributed by atoms with Gasteiger partial charge in [-0.05, 0) is 30.3 Å². The van der Waals surface area contributed by atoms with Crippen molar-refractivity contribution in [1.29, 1.82) is 0 Å². The molecule has 25 heavy (non-hydrogen) atoms. The second-order valence-electron chi connectivity index (χ2n) is 5.09. The predicted molar refractivity (Wildman–Crippen MR) is 101 cm³/mol. The standard InChI is InChI=1S/C17H17N3O3S2/c1-23-17(21)20-16-18-14-8-7-12(11-15(14)19-16)24-9-10-25(22)13-5-3-2-4-6-13/h2-8,11H,9-10H2,1H3,(H2,18,19,20,21). The van der Waals surface area contributed by atoms with Gasteiger partial charge in [-0.2, -0.15) is 0 Å². The summed E-state index contributed by atoms with van der Waals surface area (Å²) in [6.45, 7) is 0. The molecule has 0 saturated heterocycles. The van der Waals surface area contributed by atoms with Gasteiger partial charge >= 0.3 is 6.09 Å². The summed E-state index contributed by atoms with van der Waals surface area (Å²) in [7, 11) is 0.307. The fourth-order valence-corrected chi connectivity index (χ4v) is 4.45. The lowest BCUT2D eigenvalue weighted by atomic mass is 10.3. The van der Waals surface area contributed by atoms with Crippen LogP contribution in [0.4, 0.5) is 10.7 Å². The largest absolute Gasteiger partial charge is 0.453 e. The van der Waals surface area contributed by atoms with Crippen LogP contribution in [0, 0.1) is 0 Å². The van der Waals surface area contributed by atoms with E-state index in [1.165, 1.54) is 7.11 Å². The van der Waals surface area contributed by atoms with Crippen LogP contribution >= 0.6 is 11.8 Å². The molecule has 3 rings (SSSR count). The van der Waals surface area contributed by atoms with Crippen molar-refractivity contribution in [2.75, 3.05) is 23.9 Å². The van der Waals surface area contributed by atoms with E-state index < -0.39 is 16.9 Å². The zero-order valence-electron chi connectivity index (χ0n) is 13.5. The molecule has 3 aromatic rings. The maximum Gasteiger partial charge on any atom is 0.413 e. The number of imidazole rings is 1. The van der Waals surface area contributed by atoms with Gasteiger partial charge in [0.05, 0.1) is 28.9 Å². The van der Waals surface area contributed by atoms with Gasteiger partial charge in [0, 0.05) is 21.3 Å². The number of amides is 1. The number of carbonyl (C=O) groups excluding carboxylic acids is 1. The topological polar surface area (TPSA) is 84.1 Å². The number of rotatable bonds is 6. The lowest BCUT2D eigenvalue weighted by Crippen LogP contribution is -2.11. The highest BCUT2D eigenvalue weighted by atomic mass is 32.2. The van der Waals surface area contributed by atoms with Crippen molar-refractivity contribution in [1.82, 2.24) is 9.97 Å². The minimum atomic E-state index is -0.990. The van der Waals surface area contributed by atoms with Crippen LogP contribution in [0.3, 0.4) is 0 Å². The van der Waals surface area contributed by atoms with Gasteiger partial charge < -0.3 is 9.72 Å². The molecule has 1 unspecified atom stereocenters. The number of hydrogen-bond acceptors (Lipinski definition) is 5. The van der Waals surface area contributed by atoms with Gasteiger partial charge in [0.1, 0.15) is 0 Å². The Balaban J connectivity index is 1.60. The molecule has 1 aromatic heterocycles. The molecule has 0 aliphatic heterocycles. The summed E-state index contributed by atoms with van der Waals surface area (Å²) in [5.41, 5.74) is 1.57. The molecule has 1 heterocycles. The van der Waals surface area contributed by atoms with E-state index in [2.05, 4.69) is 20.0 Å². The first-order valence-electron chi connectivity index (χ1n) is 7.56. The van der Waals surface area contributed by atoms with E-state index in [1.807, 2.05) is 48.5 Å². The number of aromatic amines is 1. The monoisotopic (exact) mass is 375 g/mol. The van der Waals surface area contributed by atoms with Crippen molar-refractivity contribution in [2.45, 2.75) is 9.79 Å². The van der Waals surface area contributed by atoms with Crippen molar-refractivity contribution >= 4 is 45.6 Å². The molecule has 0 radical (unpaired) electrons.